The van der Waals surface area contributed by atoms with Gasteiger partial charge in [0.05, 0.1) is 7.11 Å². The molecule has 0 spiro atoms. The van der Waals surface area contributed by atoms with E-state index >= 15 is 0 Å². The minimum absolute atomic E-state index is 0.245. The third-order valence-corrected chi connectivity index (χ3v) is 3.81. The number of esters is 1. The molecule has 1 rings (SSSR count). The first-order valence-electron chi connectivity index (χ1n) is 9.74. The SMILES string of the molecule is CC.CCCCc1ccc(CCCN(C)C)cc1CC.COC(C)=O. The predicted molar refractivity (Wildman–Crippen MR) is 110 cm³/mol. The molecule has 0 heterocycles. The monoisotopic (exact) mass is 351 g/mol. The van der Waals surface area contributed by atoms with Crippen LogP contribution in [0.25, 0.3) is 0 Å². The molecule has 25 heavy (non-hydrogen) atoms. The van der Waals surface area contributed by atoms with Crippen molar-refractivity contribution < 1.29 is 9.53 Å². The summed E-state index contributed by atoms with van der Waals surface area (Å²) in [7, 11) is 5.64. The topological polar surface area (TPSA) is 29.5 Å². The van der Waals surface area contributed by atoms with Gasteiger partial charge in [-0.1, -0.05) is 52.3 Å². The van der Waals surface area contributed by atoms with E-state index in [0.717, 1.165) is 0 Å². The van der Waals surface area contributed by atoms with Crippen LogP contribution >= 0.6 is 0 Å². The molecule has 146 valence electrons. The fourth-order valence-corrected chi connectivity index (χ4v) is 2.37. The molecule has 0 aliphatic carbocycles. The van der Waals surface area contributed by atoms with Gasteiger partial charge in [0.2, 0.25) is 0 Å². The molecule has 1 aromatic carbocycles. The van der Waals surface area contributed by atoms with Crippen molar-refractivity contribution in [3.8, 4) is 0 Å². The fourth-order valence-electron chi connectivity index (χ4n) is 2.37. The van der Waals surface area contributed by atoms with Crippen LogP contribution in [0.4, 0.5) is 0 Å². The molecule has 0 unspecified atom stereocenters. The standard InChI is InChI=1S/C17H29N.C3H6O2.C2H6/c1-5-7-10-17-12-11-15(14-16(17)6-2)9-8-13-18(3)4;1-3(4)5-2;1-2/h11-12,14H,5-10,13H2,1-4H3;1-2H3;1-2H3. The Kier molecular flexibility index (Phi) is 18.1. The van der Waals surface area contributed by atoms with Crippen LogP contribution in [-0.2, 0) is 28.8 Å². The zero-order chi connectivity index (χ0) is 19.7. The number of ether oxygens (including phenoxy) is 1. The van der Waals surface area contributed by atoms with E-state index in [1.54, 1.807) is 11.1 Å². The number of rotatable bonds is 8. The largest absolute Gasteiger partial charge is 0.469 e. The minimum Gasteiger partial charge on any atom is -0.469 e. The van der Waals surface area contributed by atoms with Crippen LogP contribution in [0.5, 0.6) is 0 Å². The first kappa shape index (κ1) is 25.9. The van der Waals surface area contributed by atoms with Gasteiger partial charge in [-0.3, -0.25) is 4.79 Å². The maximum atomic E-state index is 9.59. The van der Waals surface area contributed by atoms with Gasteiger partial charge in [0, 0.05) is 6.92 Å². The van der Waals surface area contributed by atoms with E-state index in [1.165, 1.54) is 64.7 Å². The average molecular weight is 352 g/mol. The molecule has 3 nitrogen and oxygen atoms in total. The second kappa shape index (κ2) is 17.5. The minimum atomic E-state index is -0.245. The van der Waals surface area contributed by atoms with Crippen molar-refractivity contribution in [3.05, 3.63) is 34.9 Å². The predicted octanol–water partition coefficient (Wildman–Crippen LogP) is 5.29. The van der Waals surface area contributed by atoms with Crippen molar-refractivity contribution >= 4 is 5.97 Å². The van der Waals surface area contributed by atoms with Crippen molar-refractivity contribution in [3.63, 3.8) is 0 Å². The molecule has 0 saturated carbocycles. The van der Waals surface area contributed by atoms with E-state index in [-0.39, 0.29) is 5.97 Å². The van der Waals surface area contributed by atoms with Crippen LogP contribution in [-0.4, -0.2) is 38.6 Å². The number of aryl methyl sites for hydroxylation is 3. The summed E-state index contributed by atoms with van der Waals surface area (Å²) in [4.78, 5) is 11.9. The van der Waals surface area contributed by atoms with Gasteiger partial charge in [0.15, 0.2) is 0 Å². The van der Waals surface area contributed by atoms with Crippen molar-refractivity contribution in [2.75, 3.05) is 27.7 Å². The number of hydrogen-bond acceptors (Lipinski definition) is 3. The van der Waals surface area contributed by atoms with Gasteiger partial charge in [-0.25, -0.2) is 0 Å². The van der Waals surface area contributed by atoms with Crippen molar-refractivity contribution in [1.29, 1.82) is 0 Å². The molecular weight excluding hydrogens is 310 g/mol. The lowest BCUT2D eigenvalue weighted by Gasteiger charge is -2.12. The van der Waals surface area contributed by atoms with Gasteiger partial charge in [-0.05, 0) is 69.4 Å². The molecule has 3 heteroatoms. The number of benzene rings is 1. The van der Waals surface area contributed by atoms with E-state index < -0.39 is 0 Å². The maximum Gasteiger partial charge on any atom is 0.302 e. The number of carbonyl (C=O) groups is 1. The van der Waals surface area contributed by atoms with Gasteiger partial charge in [0.1, 0.15) is 0 Å². The van der Waals surface area contributed by atoms with Crippen molar-refractivity contribution in [1.82, 2.24) is 4.90 Å². The smallest absolute Gasteiger partial charge is 0.302 e. The quantitative estimate of drug-likeness (QED) is 0.596. The highest BCUT2D eigenvalue weighted by molar-refractivity contribution is 5.65. The van der Waals surface area contributed by atoms with E-state index in [2.05, 4.69) is 55.8 Å². The molecule has 0 bridgehead atoms. The van der Waals surface area contributed by atoms with Crippen LogP contribution in [0.15, 0.2) is 18.2 Å². The molecule has 0 atom stereocenters. The number of methoxy groups -OCH3 is 1. The molecule has 0 aromatic heterocycles. The second-order valence-corrected chi connectivity index (χ2v) is 6.16. The Bertz CT molecular complexity index is 442. The molecule has 0 N–H and O–H groups in total. The number of hydrogen-bond donors (Lipinski definition) is 0. The van der Waals surface area contributed by atoms with Gasteiger partial charge in [-0.2, -0.15) is 0 Å². The van der Waals surface area contributed by atoms with Crippen molar-refractivity contribution in [2.24, 2.45) is 0 Å². The summed E-state index contributed by atoms with van der Waals surface area (Å²) >= 11 is 0. The molecule has 0 fully saturated rings. The summed E-state index contributed by atoms with van der Waals surface area (Å²) in [6.07, 6.45) is 7.47. The van der Waals surface area contributed by atoms with Crippen LogP contribution in [0.3, 0.4) is 0 Å². The Morgan fingerprint density at radius 1 is 1.04 bits per heavy atom. The summed E-state index contributed by atoms with van der Waals surface area (Å²) in [6.45, 7) is 11.1. The summed E-state index contributed by atoms with van der Waals surface area (Å²) in [5.41, 5.74) is 4.63. The number of carbonyl (C=O) groups excluding carboxylic acids is 1. The lowest BCUT2D eigenvalue weighted by atomic mass is 9.96. The fraction of sp³-hybridized carbons (Fsp3) is 0.682. The lowest BCUT2D eigenvalue weighted by molar-refractivity contribution is -0.137. The normalized spacial score (nSPS) is 9.64. The Hall–Kier alpha value is -1.35. The van der Waals surface area contributed by atoms with Crippen LogP contribution in [0.1, 0.15) is 70.6 Å². The van der Waals surface area contributed by atoms with E-state index in [0.29, 0.717) is 0 Å². The van der Waals surface area contributed by atoms with Gasteiger partial charge < -0.3 is 9.64 Å². The highest BCUT2D eigenvalue weighted by Gasteiger charge is 2.03. The van der Waals surface area contributed by atoms with E-state index in [9.17, 15) is 4.79 Å². The highest BCUT2D eigenvalue weighted by atomic mass is 16.5. The number of unbranched alkanes of at least 4 members (excludes halogenated alkanes) is 1. The lowest BCUT2D eigenvalue weighted by Crippen LogP contribution is -2.13. The van der Waals surface area contributed by atoms with E-state index in [4.69, 9.17) is 0 Å². The Balaban J connectivity index is 0. The van der Waals surface area contributed by atoms with E-state index in [1.807, 2.05) is 13.8 Å². The first-order chi connectivity index (χ1) is 11.9. The zero-order valence-corrected chi connectivity index (χ0v) is 17.9. The molecular formula is C22H41NO2. The first-order valence-corrected chi connectivity index (χ1v) is 9.74. The Labute approximate surface area is 156 Å². The summed E-state index contributed by atoms with van der Waals surface area (Å²) < 4.78 is 4.11. The average Bonchev–Trinajstić information content (AvgIpc) is 2.62. The molecule has 0 aliphatic rings. The van der Waals surface area contributed by atoms with Crippen LogP contribution < -0.4 is 0 Å². The molecule has 1 aromatic rings. The zero-order valence-electron chi connectivity index (χ0n) is 17.9. The third kappa shape index (κ3) is 14.7. The molecule has 0 radical (unpaired) electrons. The summed E-state index contributed by atoms with van der Waals surface area (Å²) in [6, 6.07) is 7.12. The Morgan fingerprint density at radius 2 is 1.64 bits per heavy atom. The number of nitrogens with zero attached hydrogens (tertiary/aromatic N) is 1. The molecule has 0 aliphatic heterocycles. The summed E-state index contributed by atoms with van der Waals surface area (Å²) in [5, 5.41) is 0. The maximum absolute atomic E-state index is 9.59. The van der Waals surface area contributed by atoms with Crippen LogP contribution in [0, 0.1) is 0 Å². The van der Waals surface area contributed by atoms with Crippen LogP contribution in [0.2, 0.25) is 0 Å². The van der Waals surface area contributed by atoms with Crippen molar-refractivity contribution in [2.45, 2.75) is 73.1 Å². The third-order valence-electron chi connectivity index (χ3n) is 3.81. The Morgan fingerprint density at radius 3 is 2.08 bits per heavy atom. The van der Waals surface area contributed by atoms with Gasteiger partial charge >= 0.3 is 5.97 Å². The summed E-state index contributed by atoms with van der Waals surface area (Å²) in [5.74, 6) is -0.245. The van der Waals surface area contributed by atoms with Gasteiger partial charge in [0.25, 0.3) is 0 Å². The molecule has 0 saturated heterocycles. The highest BCUT2D eigenvalue weighted by Crippen LogP contribution is 2.16. The second-order valence-electron chi connectivity index (χ2n) is 6.16. The molecule has 0 amide bonds. The van der Waals surface area contributed by atoms with Gasteiger partial charge in [-0.15, -0.1) is 0 Å².